The first-order valence-electron chi connectivity index (χ1n) is 6.68. The first-order chi connectivity index (χ1) is 9.49. The van der Waals surface area contributed by atoms with Gasteiger partial charge in [0.15, 0.2) is 0 Å². The zero-order valence-corrected chi connectivity index (χ0v) is 11.4. The van der Waals surface area contributed by atoms with Gasteiger partial charge in [0, 0.05) is 23.5 Å². The minimum atomic E-state index is -0.951. The lowest BCUT2D eigenvalue weighted by Crippen LogP contribution is -2.42. The van der Waals surface area contributed by atoms with Crippen molar-refractivity contribution >= 4 is 22.8 Å². The second-order valence-electron chi connectivity index (χ2n) is 5.39. The summed E-state index contributed by atoms with van der Waals surface area (Å²) >= 11 is 0. The molecule has 1 amide bonds. The second-order valence-corrected chi connectivity index (χ2v) is 5.39. The molecular weight excluding hydrogens is 256 g/mol. The minimum absolute atomic E-state index is 0.00525. The van der Waals surface area contributed by atoms with Gasteiger partial charge in [-0.2, -0.15) is 0 Å². The maximum absolute atomic E-state index is 12.4. The molecule has 1 aromatic heterocycles. The third kappa shape index (κ3) is 1.78. The summed E-state index contributed by atoms with van der Waals surface area (Å²) in [6.07, 6.45) is 0.752. The van der Waals surface area contributed by atoms with Crippen molar-refractivity contribution in [3.8, 4) is 0 Å². The van der Waals surface area contributed by atoms with E-state index in [0.717, 1.165) is 22.9 Å². The molecule has 0 bridgehead atoms. The van der Waals surface area contributed by atoms with Crippen LogP contribution in [-0.2, 0) is 6.42 Å². The van der Waals surface area contributed by atoms with E-state index in [0.29, 0.717) is 12.2 Å². The summed E-state index contributed by atoms with van der Waals surface area (Å²) in [5.74, 6) is -0.956. The van der Waals surface area contributed by atoms with Gasteiger partial charge in [-0.15, -0.1) is 0 Å². The fourth-order valence-corrected chi connectivity index (χ4v) is 2.79. The smallest absolute Gasteiger partial charge is 0.335 e. The van der Waals surface area contributed by atoms with Crippen LogP contribution >= 0.6 is 0 Å². The SMILES string of the molecule is CC(C)N1CCc2c([nH]c3ccc(C(=O)O)cc23)C1=O. The fraction of sp³-hybridized carbons (Fsp3) is 0.333. The molecule has 5 heteroatoms. The molecule has 2 N–H and O–H groups in total. The number of rotatable bonds is 2. The Morgan fingerprint density at radius 3 is 2.80 bits per heavy atom. The number of aromatic amines is 1. The molecule has 0 aliphatic carbocycles. The van der Waals surface area contributed by atoms with E-state index in [1.807, 2.05) is 18.7 Å². The molecule has 0 atom stereocenters. The molecule has 5 nitrogen and oxygen atoms in total. The van der Waals surface area contributed by atoms with Crippen LogP contribution in [0, 0.1) is 0 Å². The maximum Gasteiger partial charge on any atom is 0.335 e. The van der Waals surface area contributed by atoms with Crippen LogP contribution in [0.4, 0.5) is 0 Å². The van der Waals surface area contributed by atoms with Gasteiger partial charge in [0.25, 0.3) is 5.91 Å². The number of amides is 1. The van der Waals surface area contributed by atoms with Crippen LogP contribution < -0.4 is 0 Å². The summed E-state index contributed by atoms with van der Waals surface area (Å²) in [5, 5.41) is 9.91. The molecule has 104 valence electrons. The maximum atomic E-state index is 12.4. The first kappa shape index (κ1) is 12.7. The average molecular weight is 272 g/mol. The van der Waals surface area contributed by atoms with Crippen molar-refractivity contribution in [2.75, 3.05) is 6.54 Å². The van der Waals surface area contributed by atoms with Gasteiger partial charge in [0.2, 0.25) is 0 Å². The van der Waals surface area contributed by atoms with Crippen molar-refractivity contribution in [3.05, 3.63) is 35.0 Å². The summed E-state index contributed by atoms with van der Waals surface area (Å²) in [4.78, 5) is 28.4. The lowest BCUT2D eigenvalue weighted by atomic mass is 10.0. The highest BCUT2D eigenvalue weighted by Crippen LogP contribution is 2.29. The first-order valence-corrected chi connectivity index (χ1v) is 6.68. The number of hydrogen-bond donors (Lipinski definition) is 2. The average Bonchev–Trinajstić information content (AvgIpc) is 2.77. The molecule has 2 aromatic rings. The zero-order valence-electron chi connectivity index (χ0n) is 11.4. The summed E-state index contributed by atoms with van der Waals surface area (Å²) in [7, 11) is 0. The normalized spacial score (nSPS) is 14.9. The molecule has 1 aliphatic heterocycles. The van der Waals surface area contributed by atoms with E-state index < -0.39 is 5.97 Å². The second kappa shape index (κ2) is 4.37. The van der Waals surface area contributed by atoms with Crippen molar-refractivity contribution in [1.82, 2.24) is 9.88 Å². The van der Waals surface area contributed by atoms with Crippen LogP contribution in [-0.4, -0.2) is 39.5 Å². The van der Waals surface area contributed by atoms with Crippen LogP contribution in [0.5, 0.6) is 0 Å². The van der Waals surface area contributed by atoms with Gasteiger partial charge in [0.05, 0.1) is 5.56 Å². The highest BCUT2D eigenvalue weighted by atomic mass is 16.4. The van der Waals surface area contributed by atoms with Crippen LogP contribution in [0.3, 0.4) is 0 Å². The summed E-state index contributed by atoms with van der Waals surface area (Å²) in [6.45, 7) is 4.66. The number of carboxylic acids is 1. The van der Waals surface area contributed by atoms with E-state index in [1.54, 1.807) is 18.2 Å². The lowest BCUT2D eigenvalue weighted by Gasteiger charge is -2.30. The molecule has 20 heavy (non-hydrogen) atoms. The molecule has 1 aromatic carbocycles. The van der Waals surface area contributed by atoms with Crippen molar-refractivity contribution in [1.29, 1.82) is 0 Å². The Kier molecular flexibility index (Phi) is 2.78. The van der Waals surface area contributed by atoms with Crippen molar-refractivity contribution in [3.63, 3.8) is 0 Å². The van der Waals surface area contributed by atoms with E-state index >= 15 is 0 Å². The van der Waals surface area contributed by atoms with Crippen LogP contribution in [0.25, 0.3) is 10.9 Å². The van der Waals surface area contributed by atoms with E-state index in [4.69, 9.17) is 5.11 Å². The quantitative estimate of drug-likeness (QED) is 0.880. The third-order valence-corrected chi connectivity index (χ3v) is 3.85. The van der Waals surface area contributed by atoms with Gasteiger partial charge in [-0.3, -0.25) is 4.79 Å². The Morgan fingerprint density at radius 1 is 1.40 bits per heavy atom. The van der Waals surface area contributed by atoms with Crippen molar-refractivity contribution in [2.24, 2.45) is 0 Å². The molecule has 2 heterocycles. The number of H-pyrrole nitrogens is 1. The third-order valence-electron chi connectivity index (χ3n) is 3.85. The molecular formula is C15H16N2O3. The molecule has 0 spiro atoms. The molecule has 0 saturated carbocycles. The van der Waals surface area contributed by atoms with Crippen molar-refractivity contribution in [2.45, 2.75) is 26.3 Å². The largest absolute Gasteiger partial charge is 0.478 e. The Bertz CT molecular complexity index is 715. The van der Waals surface area contributed by atoms with E-state index in [9.17, 15) is 9.59 Å². The molecule has 3 rings (SSSR count). The van der Waals surface area contributed by atoms with E-state index in [-0.39, 0.29) is 17.5 Å². The van der Waals surface area contributed by atoms with Gasteiger partial charge >= 0.3 is 5.97 Å². The number of fused-ring (bicyclic) bond motifs is 3. The topological polar surface area (TPSA) is 73.4 Å². The molecule has 0 saturated heterocycles. The number of carboxylic acid groups (broad SMARTS) is 1. The number of benzene rings is 1. The van der Waals surface area contributed by atoms with Crippen molar-refractivity contribution < 1.29 is 14.7 Å². The minimum Gasteiger partial charge on any atom is -0.478 e. The number of carbonyl (C=O) groups is 2. The molecule has 0 radical (unpaired) electrons. The number of carbonyl (C=O) groups excluding carboxylic acids is 1. The number of hydrogen-bond acceptors (Lipinski definition) is 2. The van der Waals surface area contributed by atoms with Crippen LogP contribution in [0.1, 0.15) is 40.3 Å². The summed E-state index contributed by atoms with van der Waals surface area (Å²) in [5.41, 5.74) is 2.60. The van der Waals surface area contributed by atoms with Crippen LogP contribution in [0.2, 0.25) is 0 Å². The molecule has 0 unspecified atom stereocenters. The molecule has 0 fully saturated rings. The van der Waals surface area contributed by atoms with E-state index in [1.165, 1.54) is 0 Å². The highest BCUT2D eigenvalue weighted by molar-refractivity contribution is 6.04. The van der Waals surface area contributed by atoms with Gasteiger partial charge < -0.3 is 15.0 Å². The Hall–Kier alpha value is -2.30. The Balaban J connectivity index is 2.15. The zero-order chi connectivity index (χ0) is 14.4. The van der Waals surface area contributed by atoms with Gasteiger partial charge in [-0.05, 0) is 44.0 Å². The number of nitrogens with one attached hydrogen (secondary N) is 1. The monoisotopic (exact) mass is 272 g/mol. The highest BCUT2D eigenvalue weighted by Gasteiger charge is 2.29. The van der Waals surface area contributed by atoms with Gasteiger partial charge in [-0.1, -0.05) is 0 Å². The number of aromatic nitrogens is 1. The number of aromatic carboxylic acids is 1. The fourth-order valence-electron chi connectivity index (χ4n) is 2.79. The Morgan fingerprint density at radius 2 is 2.15 bits per heavy atom. The standard InChI is InChI=1S/C15H16N2O3/c1-8(2)17-6-5-10-11-7-9(15(19)20)3-4-12(11)16-13(10)14(17)18/h3-4,7-8,16H,5-6H2,1-2H3,(H,19,20). The number of nitrogens with zero attached hydrogens (tertiary/aromatic N) is 1. The van der Waals surface area contributed by atoms with Gasteiger partial charge in [-0.25, -0.2) is 4.79 Å². The summed E-state index contributed by atoms with van der Waals surface area (Å²) < 4.78 is 0. The van der Waals surface area contributed by atoms with E-state index in [2.05, 4.69) is 4.98 Å². The van der Waals surface area contributed by atoms with Gasteiger partial charge in [0.1, 0.15) is 5.69 Å². The predicted molar refractivity (Wildman–Crippen MR) is 75.1 cm³/mol. The van der Waals surface area contributed by atoms with Crippen LogP contribution in [0.15, 0.2) is 18.2 Å². The lowest BCUT2D eigenvalue weighted by molar-refractivity contribution is 0.0679. The summed E-state index contributed by atoms with van der Waals surface area (Å²) in [6, 6.07) is 5.09. The Labute approximate surface area is 116 Å². The molecule has 1 aliphatic rings. The predicted octanol–water partition coefficient (Wildman–Crippen LogP) is 2.27.